The highest BCUT2D eigenvalue weighted by molar-refractivity contribution is 5.74. The smallest absolute Gasteiger partial charge is 0.182 e. The standard InChI is InChI=1S/C13H8FN3O/c14-10-4-1-3-9(7-10)13-15-12-6-2-5-11(8-18)17(12)16-13/h1-8H. The van der Waals surface area contributed by atoms with Crippen molar-refractivity contribution in [2.45, 2.75) is 0 Å². The van der Waals surface area contributed by atoms with Crippen LogP contribution in [0.4, 0.5) is 4.39 Å². The van der Waals surface area contributed by atoms with Crippen LogP contribution in [0.2, 0.25) is 0 Å². The van der Waals surface area contributed by atoms with Crippen LogP contribution in [0.15, 0.2) is 42.5 Å². The van der Waals surface area contributed by atoms with Crippen molar-refractivity contribution in [2.24, 2.45) is 0 Å². The van der Waals surface area contributed by atoms with Crippen molar-refractivity contribution < 1.29 is 9.18 Å². The first-order valence-corrected chi connectivity index (χ1v) is 5.35. The summed E-state index contributed by atoms with van der Waals surface area (Å²) < 4.78 is 14.6. The molecule has 0 amide bonds. The van der Waals surface area contributed by atoms with E-state index in [1.165, 1.54) is 16.6 Å². The Labute approximate surface area is 102 Å². The second kappa shape index (κ2) is 4.03. The van der Waals surface area contributed by atoms with Crippen LogP contribution in [0.5, 0.6) is 0 Å². The van der Waals surface area contributed by atoms with E-state index in [0.29, 0.717) is 29.0 Å². The molecule has 4 nitrogen and oxygen atoms in total. The quantitative estimate of drug-likeness (QED) is 0.647. The van der Waals surface area contributed by atoms with Crippen LogP contribution in [0.3, 0.4) is 0 Å². The molecule has 0 aliphatic heterocycles. The van der Waals surface area contributed by atoms with Crippen LogP contribution in [0.25, 0.3) is 17.0 Å². The molecule has 0 atom stereocenters. The summed E-state index contributed by atoms with van der Waals surface area (Å²) in [6.45, 7) is 0. The number of aldehydes is 1. The van der Waals surface area contributed by atoms with Gasteiger partial charge in [0.1, 0.15) is 11.5 Å². The largest absolute Gasteiger partial charge is 0.296 e. The van der Waals surface area contributed by atoms with Gasteiger partial charge in [0.2, 0.25) is 0 Å². The van der Waals surface area contributed by atoms with E-state index >= 15 is 0 Å². The molecule has 2 aromatic heterocycles. The Kier molecular flexibility index (Phi) is 2.37. The normalized spacial score (nSPS) is 10.7. The van der Waals surface area contributed by atoms with E-state index in [0.717, 1.165) is 0 Å². The fraction of sp³-hybridized carbons (Fsp3) is 0. The third-order valence-electron chi connectivity index (χ3n) is 2.59. The van der Waals surface area contributed by atoms with Gasteiger partial charge in [-0.15, -0.1) is 5.10 Å². The summed E-state index contributed by atoms with van der Waals surface area (Å²) in [5.41, 5.74) is 1.54. The van der Waals surface area contributed by atoms with Crippen LogP contribution >= 0.6 is 0 Å². The first-order valence-electron chi connectivity index (χ1n) is 5.35. The maximum Gasteiger partial charge on any atom is 0.182 e. The predicted octanol–water partition coefficient (Wildman–Crippen LogP) is 2.35. The van der Waals surface area contributed by atoms with Gasteiger partial charge in [0.05, 0.1) is 0 Å². The van der Waals surface area contributed by atoms with E-state index in [-0.39, 0.29) is 5.82 Å². The van der Waals surface area contributed by atoms with Gasteiger partial charge < -0.3 is 0 Å². The summed E-state index contributed by atoms with van der Waals surface area (Å²) in [4.78, 5) is 15.1. The van der Waals surface area contributed by atoms with Gasteiger partial charge in [-0.25, -0.2) is 13.9 Å². The minimum atomic E-state index is -0.345. The monoisotopic (exact) mass is 241 g/mol. The molecule has 0 saturated heterocycles. The molecule has 2 heterocycles. The molecule has 0 aliphatic carbocycles. The summed E-state index contributed by atoms with van der Waals surface area (Å²) >= 11 is 0. The number of nitrogens with zero attached hydrogens (tertiary/aromatic N) is 3. The van der Waals surface area contributed by atoms with E-state index in [1.54, 1.807) is 30.3 Å². The molecule has 18 heavy (non-hydrogen) atoms. The number of hydrogen-bond donors (Lipinski definition) is 0. The molecule has 0 N–H and O–H groups in total. The van der Waals surface area contributed by atoms with Crippen molar-refractivity contribution in [1.82, 2.24) is 14.6 Å². The van der Waals surface area contributed by atoms with Crippen molar-refractivity contribution in [3.8, 4) is 11.4 Å². The number of halogens is 1. The van der Waals surface area contributed by atoms with E-state index in [1.807, 2.05) is 0 Å². The molecule has 0 fully saturated rings. The minimum absolute atomic E-state index is 0.345. The molecule has 88 valence electrons. The van der Waals surface area contributed by atoms with Crippen molar-refractivity contribution in [2.75, 3.05) is 0 Å². The molecule has 0 radical (unpaired) electrons. The van der Waals surface area contributed by atoms with Crippen LogP contribution in [0, 0.1) is 5.82 Å². The number of pyridine rings is 1. The summed E-state index contributed by atoms with van der Waals surface area (Å²) in [6, 6.07) is 11.1. The number of rotatable bonds is 2. The summed E-state index contributed by atoms with van der Waals surface area (Å²) in [5, 5.41) is 4.20. The zero-order valence-corrected chi connectivity index (χ0v) is 9.25. The summed E-state index contributed by atoms with van der Waals surface area (Å²) in [7, 11) is 0. The van der Waals surface area contributed by atoms with Gasteiger partial charge in [-0.1, -0.05) is 18.2 Å². The van der Waals surface area contributed by atoms with Gasteiger partial charge >= 0.3 is 0 Å². The maximum absolute atomic E-state index is 13.1. The molecular weight excluding hydrogens is 233 g/mol. The molecule has 0 bridgehead atoms. The number of aromatic nitrogens is 3. The molecular formula is C13H8FN3O. The lowest BCUT2D eigenvalue weighted by molar-refractivity contribution is 0.111. The SMILES string of the molecule is O=Cc1cccc2nc(-c3cccc(F)c3)nn12. The third kappa shape index (κ3) is 1.66. The second-order valence-corrected chi connectivity index (χ2v) is 3.78. The lowest BCUT2D eigenvalue weighted by Crippen LogP contribution is -1.96. The Hall–Kier alpha value is -2.56. The molecule has 0 saturated carbocycles. The Bertz CT molecular complexity index is 736. The topological polar surface area (TPSA) is 47.3 Å². The first-order chi connectivity index (χ1) is 8.78. The molecule has 3 rings (SSSR count). The number of fused-ring (bicyclic) bond motifs is 1. The lowest BCUT2D eigenvalue weighted by Gasteiger charge is -1.94. The zero-order chi connectivity index (χ0) is 12.5. The van der Waals surface area contributed by atoms with E-state index in [2.05, 4.69) is 10.1 Å². The average molecular weight is 241 g/mol. The van der Waals surface area contributed by atoms with Crippen molar-refractivity contribution >= 4 is 11.9 Å². The number of benzene rings is 1. The van der Waals surface area contributed by atoms with E-state index in [4.69, 9.17) is 0 Å². The van der Waals surface area contributed by atoms with Gasteiger partial charge in [0, 0.05) is 5.56 Å². The highest BCUT2D eigenvalue weighted by atomic mass is 19.1. The highest BCUT2D eigenvalue weighted by Crippen LogP contribution is 2.17. The van der Waals surface area contributed by atoms with Gasteiger partial charge in [-0.05, 0) is 24.3 Å². The molecule has 3 aromatic rings. The number of carbonyl (C=O) groups excluding carboxylic acids is 1. The molecule has 0 aliphatic rings. The Balaban J connectivity index is 2.22. The third-order valence-corrected chi connectivity index (χ3v) is 2.59. The Morgan fingerprint density at radius 3 is 2.78 bits per heavy atom. The van der Waals surface area contributed by atoms with Crippen LogP contribution in [-0.4, -0.2) is 20.9 Å². The molecule has 0 spiro atoms. The van der Waals surface area contributed by atoms with Crippen molar-refractivity contribution in [3.05, 3.63) is 54.0 Å². The van der Waals surface area contributed by atoms with E-state index in [9.17, 15) is 9.18 Å². The van der Waals surface area contributed by atoms with Gasteiger partial charge in [-0.2, -0.15) is 0 Å². The van der Waals surface area contributed by atoms with Crippen LogP contribution < -0.4 is 0 Å². The zero-order valence-electron chi connectivity index (χ0n) is 9.25. The molecule has 1 aromatic carbocycles. The molecule has 5 heteroatoms. The van der Waals surface area contributed by atoms with Crippen LogP contribution in [-0.2, 0) is 0 Å². The maximum atomic E-state index is 13.1. The minimum Gasteiger partial charge on any atom is -0.296 e. The molecule has 0 unspecified atom stereocenters. The lowest BCUT2D eigenvalue weighted by atomic mass is 10.2. The highest BCUT2D eigenvalue weighted by Gasteiger charge is 2.08. The second-order valence-electron chi connectivity index (χ2n) is 3.78. The van der Waals surface area contributed by atoms with Gasteiger partial charge in [0.25, 0.3) is 0 Å². The van der Waals surface area contributed by atoms with Crippen LogP contribution in [0.1, 0.15) is 10.5 Å². The Morgan fingerprint density at radius 1 is 1.17 bits per heavy atom. The summed E-state index contributed by atoms with van der Waals surface area (Å²) in [6.07, 6.45) is 0.705. The van der Waals surface area contributed by atoms with Crippen molar-refractivity contribution in [3.63, 3.8) is 0 Å². The van der Waals surface area contributed by atoms with Gasteiger partial charge in [0.15, 0.2) is 17.8 Å². The number of hydrogen-bond acceptors (Lipinski definition) is 3. The van der Waals surface area contributed by atoms with E-state index < -0.39 is 0 Å². The number of carbonyl (C=O) groups is 1. The fourth-order valence-corrected chi connectivity index (χ4v) is 1.76. The summed E-state index contributed by atoms with van der Waals surface area (Å²) in [5.74, 6) is 0.0470. The Morgan fingerprint density at radius 2 is 2.00 bits per heavy atom. The predicted molar refractivity (Wildman–Crippen MR) is 63.8 cm³/mol. The van der Waals surface area contributed by atoms with Crippen molar-refractivity contribution in [1.29, 1.82) is 0 Å². The van der Waals surface area contributed by atoms with Gasteiger partial charge in [-0.3, -0.25) is 4.79 Å². The first kappa shape index (κ1) is 10.6. The average Bonchev–Trinajstić information content (AvgIpc) is 2.82. The fourth-order valence-electron chi connectivity index (χ4n) is 1.76.